The average Bonchev–Trinajstić information content (AvgIpc) is 2.04. The van der Waals surface area contributed by atoms with Gasteiger partial charge in [0, 0.05) is 12.3 Å². The Labute approximate surface area is 73.9 Å². The van der Waals surface area contributed by atoms with E-state index in [4.69, 9.17) is 0 Å². The number of benzene rings is 1. The summed E-state index contributed by atoms with van der Waals surface area (Å²) in [5.41, 5.74) is 5.34. The fraction of sp³-hybridized carbons (Fsp3) is 0.300. The number of aliphatic imine (C=N–C) groups is 1. The maximum absolute atomic E-state index is 4.42. The van der Waals surface area contributed by atoms with E-state index in [9.17, 15) is 0 Å². The Hall–Kier alpha value is -1.05. The van der Waals surface area contributed by atoms with Crippen molar-refractivity contribution in [3.05, 3.63) is 29.3 Å². The molecule has 1 aromatic carbocycles. The van der Waals surface area contributed by atoms with Crippen LogP contribution < -0.4 is 5.46 Å². The van der Waals surface area contributed by atoms with Crippen LogP contribution in [0.2, 0.25) is 0 Å². The Morgan fingerprint density at radius 1 is 1.42 bits per heavy atom. The lowest BCUT2D eigenvalue weighted by atomic mass is 9.89. The van der Waals surface area contributed by atoms with Gasteiger partial charge in [0.1, 0.15) is 7.85 Å². The zero-order valence-corrected chi connectivity index (χ0v) is 7.59. The van der Waals surface area contributed by atoms with Crippen molar-refractivity contribution in [3.63, 3.8) is 0 Å². The molecule has 0 amide bonds. The van der Waals surface area contributed by atoms with Crippen LogP contribution in [0.15, 0.2) is 23.2 Å². The molecule has 1 nitrogen and oxygen atoms in total. The molecule has 0 bridgehead atoms. The van der Waals surface area contributed by atoms with E-state index in [1.165, 1.54) is 22.3 Å². The summed E-state index contributed by atoms with van der Waals surface area (Å²) in [6.07, 6.45) is 1.11. The fourth-order valence-corrected chi connectivity index (χ4v) is 1.71. The summed E-state index contributed by atoms with van der Waals surface area (Å²) in [6.45, 7) is 3.05. The molecule has 1 aliphatic heterocycles. The molecule has 2 rings (SSSR count). The van der Waals surface area contributed by atoms with Gasteiger partial charge in [0.15, 0.2) is 0 Å². The number of fused-ring (bicyclic) bond motifs is 1. The smallest absolute Gasteiger partial charge is 0.139 e. The van der Waals surface area contributed by atoms with E-state index < -0.39 is 0 Å². The normalized spacial score (nSPS) is 15.2. The molecule has 1 heterocycles. The zero-order chi connectivity index (χ0) is 8.55. The monoisotopic (exact) mass is 157 g/mol. The number of hydrogen-bond acceptors (Lipinski definition) is 1. The Morgan fingerprint density at radius 3 is 3.08 bits per heavy atom. The first-order valence-electron chi connectivity index (χ1n) is 4.38. The second-order valence-electron chi connectivity index (χ2n) is 3.38. The minimum absolute atomic E-state index is 0.961. The van der Waals surface area contributed by atoms with Gasteiger partial charge in [-0.1, -0.05) is 23.7 Å². The topological polar surface area (TPSA) is 12.4 Å². The number of nitrogens with zero attached hydrogens (tertiary/aromatic N) is 1. The zero-order valence-electron chi connectivity index (χ0n) is 7.59. The highest BCUT2D eigenvalue weighted by Gasteiger charge is 2.09. The maximum Gasteiger partial charge on any atom is 0.139 e. The lowest BCUT2D eigenvalue weighted by molar-refractivity contribution is 0.943. The molecule has 1 aliphatic rings. The first kappa shape index (κ1) is 7.60. The molecule has 1 aromatic rings. The minimum atomic E-state index is 0.961. The van der Waals surface area contributed by atoms with E-state index in [-0.39, 0.29) is 0 Å². The molecule has 0 unspecified atom stereocenters. The van der Waals surface area contributed by atoms with Crippen LogP contribution in [0, 0.1) is 0 Å². The van der Waals surface area contributed by atoms with Crippen LogP contribution in [0.25, 0.3) is 0 Å². The van der Waals surface area contributed by atoms with Crippen LogP contribution in [0.3, 0.4) is 0 Å². The van der Waals surface area contributed by atoms with Crippen molar-refractivity contribution in [2.24, 2.45) is 4.99 Å². The Kier molecular flexibility index (Phi) is 1.76. The van der Waals surface area contributed by atoms with Gasteiger partial charge in [-0.2, -0.15) is 0 Å². The van der Waals surface area contributed by atoms with Crippen molar-refractivity contribution in [1.29, 1.82) is 0 Å². The van der Waals surface area contributed by atoms with E-state index in [0.29, 0.717) is 0 Å². The molecule has 12 heavy (non-hydrogen) atoms. The maximum atomic E-state index is 4.42. The number of hydrogen-bond donors (Lipinski definition) is 0. The summed E-state index contributed by atoms with van der Waals surface area (Å²) < 4.78 is 0. The van der Waals surface area contributed by atoms with Crippen molar-refractivity contribution < 1.29 is 0 Å². The van der Waals surface area contributed by atoms with E-state index >= 15 is 0 Å². The first-order valence-corrected chi connectivity index (χ1v) is 4.38. The van der Waals surface area contributed by atoms with Gasteiger partial charge in [0.25, 0.3) is 0 Å². The van der Waals surface area contributed by atoms with Gasteiger partial charge in [-0.3, -0.25) is 4.99 Å². The summed E-state index contributed by atoms with van der Waals surface area (Å²) in [4.78, 5) is 4.42. The van der Waals surface area contributed by atoms with Gasteiger partial charge in [0.2, 0.25) is 0 Å². The molecule has 60 valence electrons. The number of rotatable bonds is 0. The minimum Gasteiger partial charge on any atom is -0.289 e. The Bertz CT molecular complexity index is 342. The van der Waals surface area contributed by atoms with Gasteiger partial charge >= 0.3 is 0 Å². The predicted octanol–water partition coefficient (Wildman–Crippen LogP) is 0.310. The van der Waals surface area contributed by atoms with Crippen LogP contribution in [-0.2, 0) is 6.42 Å². The highest BCUT2D eigenvalue weighted by Crippen LogP contribution is 2.13. The van der Waals surface area contributed by atoms with Crippen LogP contribution >= 0.6 is 0 Å². The van der Waals surface area contributed by atoms with Crippen LogP contribution in [0.4, 0.5) is 0 Å². The quantitative estimate of drug-likeness (QED) is 0.480. The largest absolute Gasteiger partial charge is 0.289 e. The molecule has 2 heteroatoms. The van der Waals surface area contributed by atoms with E-state index in [2.05, 4.69) is 38.0 Å². The molecule has 0 aliphatic carbocycles. The Morgan fingerprint density at radius 2 is 2.25 bits per heavy atom. The van der Waals surface area contributed by atoms with Crippen molar-refractivity contribution >= 4 is 19.0 Å². The molecule has 0 aromatic heterocycles. The molecule has 0 atom stereocenters. The van der Waals surface area contributed by atoms with Crippen molar-refractivity contribution in [3.8, 4) is 0 Å². The average molecular weight is 157 g/mol. The molecule has 0 N–H and O–H groups in total. The van der Waals surface area contributed by atoms with Crippen LogP contribution in [-0.4, -0.2) is 20.1 Å². The van der Waals surface area contributed by atoms with E-state index in [0.717, 1.165) is 13.0 Å². The third-order valence-electron chi connectivity index (χ3n) is 2.38. The molecule has 0 saturated heterocycles. The summed E-state index contributed by atoms with van der Waals surface area (Å²) in [7, 11) is 2.14. The van der Waals surface area contributed by atoms with Gasteiger partial charge in [-0.25, -0.2) is 0 Å². The van der Waals surface area contributed by atoms with Crippen LogP contribution in [0.1, 0.15) is 18.1 Å². The van der Waals surface area contributed by atoms with Gasteiger partial charge in [0.05, 0.1) is 0 Å². The van der Waals surface area contributed by atoms with Crippen LogP contribution in [0.5, 0.6) is 0 Å². The summed E-state index contributed by atoms with van der Waals surface area (Å²) in [5, 5.41) is 0. The van der Waals surface area contributed by atoms with Crippen molar-refractivity contribution in [1.82, 2.24) is 0 Å². The molecule has 0 fully saturated rings. The predicted molar refractivity (Wildman–Crippen MR) is 55.4 cm³/mol. The van der Waals surface area contributed by atoms with Gasteiger partial charge in [-0.05, 0) is 24.5 Å². The second-order valence-corrected chi connectivity index (χ2v) is 3.38. The fourth-order valence-electron chi connectivity index (χ4n) is 1.71. The third kappa shape index (κ3) is 1.18. The lowest BCUT2D eigenvalue weighted by Crippen LogP contribution is -2.14. The molecular formula is C10H12BN. The molecular weight excluding hydrogens is 145 g/mol. The highest BCUT2D eigenvalue weighted by atomic mass is 14.7. The second kappa shape index (κ2) is 2.78. The summed E-state index contributed by atoms with van der Waals surface area (Å²) >= 11 is 0. The van der Waals surface area contributed by atoms with Crippen molar-refractivity contribution in [2.45, 2.75) is 13.3 Å². The molecule has 0 spiro atoms. The highest BCUT2D eigenvalue weighted by molar-refractivity contribution is 6.32. The van der Waals surface area contributed by atoms with Crippen molar-refractivity contribution in [2.75, 3.05) is 6.54 Å². The summed E-state index contributed by atoms with van der Waals surface area (Å²) in [5.74, 6) is 0. The van der Waals surface area contributed by atoms with Gasteiger partial charge < -0.3 is 0 Å². The molecule has 0 radical (unpaired) electrons. The van der Waals surface area contributed by atoms with E-state index in [1.807, 2.05) is 0 Å². The van der Waals surface area contributed by atoms with E-state index in [1.54, 1.807) is 0 Å². The van der Waals surface area contributed by atoms with Gasteiger partial charge in [-0.15, -0.1) is 0 Å². The first-order chi connectivity index (χ1) is 5.77. The summed E-state index contributed by atoms with van der Waals surface area (Å²) in [6, 6.07) is 6.61. The molecule has 0 saturated carbocycles. The Balaban J connectivity index is 2.56. The standard InChI is InChI=1S/C10H12BN/c1-7-10-3-2-9(11)6-8(10)4-5-12-7/h2-3,6H,4-5,11H2,1H3. The lowest BCUT2D eigenvalue weighted by Gasteiger charge is -2.14. The SMILES string of the molecule is Bc1ccc2c(c1)CCN=C2C. The third-order valence-corrected chi connectivity index (χ3v) is 2.38.